The molecule has 6 heteroatoms. The van der Waals surface area contributed by atoms with Gasteiger partial charge >= 0.3 is 0 Å². The van der Waals surface area contributed by atoms with Gasteiger partial charge in [-0.05, 0) is 30.3 Å². The second-order valence-electron chi connectivity index (χ2n) is 3.64. The summed E-state index contributed by atoms with van der Waals surface area (Å²) >= 11 is 1.41. The van der Waals surface area contributed by atoms with Gasteiger partial charge in [-0.1, -0.05) is 0 Å². The molecule has 2 heterocycles. The topological polar surface area (TPSA) is 80.6 Å². The van der Waals surface area contributed by atoms with Gasteiger partial charge < -0.3 is 10.3 Å². The van der Waals surface area contributed by atoms with E-state index in [1.165, 1.54) is 11.8 Å². The van der Waals surface area contributed by atoms with Gasteiger partial charge in [0.15, 0.2) is 5.16 Å². The quantitative estimate of drug-likeness (QED) is 0.637. The van der Waals surface area contributed by atoms with Crippen molar-refractivity contribution in [2.24, 2.45) is 12.8 Å². The van der Waals surface area contributed by atoms with Crippen molar-refractivity contribution in [2.45, 2.75) is 17.1 Å². The smallest absolute Gasteiger partial charge is 0.174 e. The lowest BCUT2D eigenvalue weighted by Crippen LogP contribution is -2.15. The molecule has 0 saturated heterocycles. The van der Waals surface area contributed by atoms with Gasteiger partial charge in [0.2, 0.25) is 0 Å². The van der Waals surface area contributed by atoms with Crippen molar-refractivity contribution in [1.29, 1.82) is 5.41 Å². The first-order valence-corrected chi connectivity index (χ1v) is 5.86. The Hall–Kier alpha value is -1.82. The lowest BCUT2D eigenvalue weighted by Gasteiger charge is -2.09. The van der Waals surface area contributed by atoms with E-state index in [0.717, 1.165) is 10.7 Å². The molecule has 0 radical (unpaired) electrons. The normalized spacial score (nSPS) is 10.5. The van der Waals surface area contributed by atoms with Gasteiger partial charge in [-0.2, -0.15) is 0 Å². The second kappa shape index (κ2) is 4.58. The molecule has 0 spiro atoms. The van der Waals surface area contributed by atoms with Crippen LogP contribution in [0.1, 0.15) is 11.1 Å². The lowest BCUT2D eigenvalue weighted by atomic mass is 10.1. The average molecular weight is 247 g/mol. The summed E-state index contributed by atoms with van der Waals surface area (Å²) in [5.74, 6) is 0.0345. The number of pyridine rings is 1. The molecule has 0 unspecified atom stereocenters. The van der Waals surface area contributed by atoms with Crippen LogP contribution in [0.2, 0.25) is 0 Å². The standard InChI is InChI=1S/C11H13N5S/c1-7-3-4-14-10(8(7)9(12)13)17-11-15-5-6-16(11)2/h3-6H,1-2H3,(H3,12,13). The molecule has 3 N–H and O–H groups in total. The van der Waals surface area contributed by atoms with Crippen LogP contribution in [0.5, 0.6) is 0 Å². The Balaban J connectivity index is 2.43. The number of imidazole rings is 1. The fourth-order valence-electron chi connectivity index (χ4n) is 1.48. The number of aryl methyl sites for hydroxylation is 2. The number of nitrogens with zero attached hydrogens (tertiary/aromatic N) is 3. The molecule has 2 aromatic rings. The maximum atomic E-state index is 7.60. The summed E-state index contributed by atoms with van der Waals surface area (Å²) < 4.78 is 1.90. The maximum Gasteiger partial charge on any atom is 0.174 e. The Morgan fingerprint density at radius 1 is 1.41 bits per heavy atom. The van der Waals surface area contributed by atoms with Crippen LogP contribution in [-0.2, 0) is 7.05 Å². The highest BCUT2D eigenvalue weighted by atomic mass is 32.2. The van der Waals surface area contributed by atoms with Gasteiger partial charge in [-0.15, -0.1) is 0 Å². The summed E-state index contributed by atoms with van der Waals surface area (Å²) in [6, 6.07) is 1.85. The molecule has 0 fully saturated rings. The zero-order chi connectivity index (χ0) is 12.4. The minimum atomic E-state index is 0.0345. The third kappa shape index (κ3) is 2.31. The number of nitrogen functional groups attached to an aromatic ring is 1. The van der Waals surface area contributed by atoms with Crippen LogP contribution in [0.15, 0.2) is 34.8 Å². The highest BCUT2D eigenvalue weighted by molar-refractivity contribution is 7.99. The average Bonchev–Trinajstić information content (AvgIpc) is 2.64. The zero-order valence-electron chi connectivity index (χ0n) is 9.64. The van der Waals surface area contributed by atoms with E-state index >= 15 is 0 Å². The fraction of sp³-hybridized carbons (Fsp3) is 0.182. The minimum absolute atomic E-state index is 0.0345. The van der Waals surface area contributed by atoms with Gasteiger partial charge in [0.25, 0.3) is 0 Å². The molecule has 0 atom stereocenters. The third-order valence-corrected chi connectivity index (χ3v) is 3.44. The maximum absolute atomic E-state index is 7.60. The molecule has 0 aliphatic carbocycles. The number of amidine groups is 1. The van der Waals surface area contributed by atoms with E-state index in [2.05, 4.69) is 9.97 Å². The number of nitrogens with one attached hydrogen (secondary N) is 1. The molecular weight excluding hydrogens is 234 g/mol. The van der Waals surface area contributed by atoms with Crippen LogP contribution < -0.4 is 5.73 Å². The third-order valence-electron chi connectivity index (χ3n) is 2.36. The van der Waals surface area contributed by atoms with Crippen LogP contribution in [0.25, 0.3) is 0 Å². The molecule has 2 aromatic heterocycles. The lowest BCUT2D eigenvalue weighted by molar-refractivity contribution is 0.788. The van der Waals surface area contributed by atoms with Crippen molar-refractivity contribution in [3.8, 4) is 0 Å². The molecule has 0 aliphatic heterocycles. The van der Waals surface area contributed by atoms with Crippen LogP contribution >= 0.6 is 11.8 Å². The Morgan fingerprint density at radius 3 is 2.76 bits per heavy atom. The van der Waals surface area contributed by atoms with E-state index in [4.69, 9.17) is 11.1 Å². The van der Waals surface area contributed by atoms with Crippen molar-refractivity contribution in [3.63, 3.8) is 0 Å². The first kappa shape index (κ1) is 11.7. The van der Waals surface area contributed by atoms with Gasteiger partial charge in [0.1, 0.15) is 10.9 Å². The number of hydrogen-bond donors (Lipinski definition) is 2. The number of aromatic nitrogens is 3. The Morgan fingerprint density at radius 2 is 2.18 bits per heavy atom. The SMILES string of the molecule is Cc1ccnc(Sc2nccn2C)c1C(=N)N. The Labute approximate surface area is 104 Å². The Bertz CT molecular complexity index is 561. The first-order valence-electron chi connectivity index (χ1n) is 5.04. The zero-order valence-corrected chi connectivity index (χ0v) is 10.5. The summed E-state index contributed by atoms with van der Waals surface area (Å²) in [6.45, 7) is 1.92. The van der Waals surface area contributed by atoms with E-state index in [-0.39, 0.29) is 5.84 Å². The van der Waals surface area contributed by atoms with Gasteiger partial charge in [0, 0.05) is 25.6 Å². The van der Waals surface area contributed by atoms with Crippen molar-refractivity contribution in [2.75, 3.05) is 0 Å². The first-order chi connectivity index (χ1) is 8.09. The van der Waals surface area contributed by atoms with Crippen molar-refractivity contribution >= 4 is 17.6 Å². The largest absolute Gasteiger partial charge is 0.384 e. The van der Waals surface area contributed by atoms with E-state index in [0.29, 0.717) is 10.6 Å². The monoisotopic (exact) mass is 247 g/mol. The molecule has 5 nitrogen and oxygen atoms in total. The number of hydrogen-bond acceptors (Lipinski definition) is 4. The van der Waals surface area contributed by atoms with Crippen molar-refractivity contribution in [3.05, 3.63) is 35.8 Å². The molecular formula is C11H13N5S. The second-order valence-corrected chi connectivity index (χ2v) is 4.60. The number of rotatable bonds is 3. The van der Waals surface area contributed by atoms with Crippen LogP contribution in [-0.4, -0.2) is 20.4 Å². The molecule has 0 aliphatic rings. The van der Waals surface area contributed by atoms with Gasteiger partial charge in [0.05, 0.1) is 5.56 Å². The molecule has 17 heavy (non-hydrogen) atoms. The fourth-order valence-corrected chi connectivity index (χ4v) is 2.45. The highest BCUT2D eigenvalue weighted by Gasteiger charge is 2.13. The van der Waals surface area contributed by atoms with E-state index in [1.807, 2.05) is 30.8 Å². The molecule has 0 aromatic carbocycles. The van der Waals surface area contributed by atoms with E-state index in [1.54, 1.807) is 12.4 Å². The predicted molar refractivity (Wildman–Crippen MR) is 67.3 cm³/mol. The van der Waals surface area contributed by atoms with Crippen molar-refractivity contribution in [1.82, 2.24) is 14.5 Å². The summed E-state index contributed by atoms with van der Waals surface area (Å²) in [6.07, 6.45) is 5.31. The van der Waals surface area contributed by atoms with Crippen LogP contribution in [0.4, 0.5) is 0 Å². The van der Waals surface area contributed by atoms with E-state index < -0.39 is 0 Å². The molecule has 0 saturated carbocycles. The van der Waals surface area contributed by atoms with Crippen LogP contribution in [0, 0.1) is 12.3 Å². The minimum Gasteiger partial charge on any atom is -0.384 e. The summed E-state index contributed by atoms with van der Waals surface area (Å²) in [7, 11) is 1.92. The molecule has 2 rings (SSSR count). The van der Waals surface area contributed by atoms with Gasteiger partial charge in [-0.25, -0.2) is 9.97 Å². The predicted octanol–water partition coefficient (Wildman–Crippen LogP) is 1.56. The molecule has 0 bridgehead atoms. The Kier molecular flexibility index (Phi) is 3.14. The summed E-state index contributed by atoms with van der Waals surface area (Å²) in [4.78, 5) is 8.48. The van der Waals surface area contributed by atoms with E-state index in [9.17, 15) is 0 Å². The summed E-state index contributed by atoms with van der Waals surface area (Å²) in [5.41, 5.74) is 7.21. The van der Waals surface area contributed by atoms with Gasteiger partial charge in [-0.3, -0.25) is 5.41 Å². The highest BCUT2D eigenvalue weighted by Crippen LogP contribution is 2.28. The van der Waals surface area contributed by atoms with Crippen LogP contribution in [0.3, 0.4) is 0 Å². The number of nitrogens with two attached hydrogens (primary N) is 1. The molecule has 88 valence electrons. The summed E-state index contributed by atoms with van der Waals surface area (Å²) in [5, 5.41) is 9.14. The van der Waals surface area contributed by atoms with Crippen molar-refractivity contribution < 1.29 is 0 Å². The molecule has 0 amide bonds.